The Morgan fingerprint density at radius 3 is 2.28 bits per heavy atom. The molecule has 1 amide bonds. The summed E-state index contributed by atoms with van der Waals surface area (Å²) in [4.78, 5) is 48.1. The molecule has 5 aliphatic heterocycles. The summed E-state index contributed by atoms with van der Waals surface area (Å²) in [5.41, 5.74) is 0.608. The van der Waals surface area contributed by atoms with Gasteiger partial charge in [-0.15, -0.1) is 0 Å². The molecule has 6 N–H and O–H groups in total. The number of piperidine rings is 1. The molecule has 1 saturated heterocycles. The number of aromatic hydroxyl groups is 2. The van der Waals surface area contributed by atoms with E-state index >= 15 is 0 Å². The van der Waals surface area contributed by atoms with Gasteiger partial charge in [0.15, 0.2) is 11.5 Å². The molecule has 15 heteroatoms. The van der Waals surface area contributed by atoms with Gasteiger partial charge in [-0.05, 0) is 50.5 Å². The zero-order valence-corrected chi connectivity index (χ0v) is 38.1. The molecule has 344 valence electrons. The minimum absolute atomic E-state index is 0.0237. The Kier molecular flexibility index (Phi) is 12.8. The third-order valence-electron chi connectivity index (χ3n) is 13.9. The molecule has 6 aliphatic rings. The van der Waals surface area contributed by atoms with E-state index in [1.165, 1.54) is 33.1 Å². The highest BCUT2D eigenvalue weighted by molar-refractivity contribution is 6.25. The van der Waals surface area contributed by atoms with Crippen LogP contribution in [0.15, 0.2) is 64.7 Å². The van der Waals surface area contributed by atoms with Crippen molar-refractivity contribution in [3.63, 3.8) is 0 Å². The third-order valence-corrected chi connectivity index (χ3v) is 13.9. The monoisotopic (exact) mass is 883 g/mol. The molecule has 0 aromatic heterocycles. The van der Waals surface area contributed by atoms with Gasteiger partial charge in [0.25, 0.3) is 11.7 Å². The number of aliphatic imine (C=N–C) groups is 1. The van der Waals surface area contributed by atoms with E-state index in [-0.39, 0.29) is 79.8 Å². The molecule has 1 fully saturated rings. The lowest BCUT2D eigenvalue weighted by Gasteiger charge is -2.37. The van der Waals surface area contributed by atoms with Crippen LogP contribution in [0.3, 0.4) is 0 Å². The van der Waals surface area contributed by atoms with Gasteiger partial charge in [-0.3, -0.25) is 14.4 Å². The average Bonchev–Trinajstić information content (AvgIpc) is 3.52. The first-order valence-corrected chi connectivity index (χ1v) is 22.1. The quantitative estimate of drug-likeness (QED) is 0.173. The van der Waals surface area contributed by atoms with E-state index in [1.807, 2.05) is 13.8 Å². The van der Waals surface area contributed by atoms with Gasteiger partial charge in [0.1, 0.15) is 40.9 Å². The second kappa shape index (κ2) is 17.7. The number of fused-ring (bicyclic) bond motifs is 14. The van der Waals surface area contributed by atoms with E-state index in [1.54, 1.807) is 58.1 Å². The standard InChI is InChI=1S/C49H61N3O12/c1-22-14-17-52(18-15-22)31-20-32(54)37-33(21-31)63-46-38(50-37)34-35-42(57)29(8)45-36(34)47(59)49(10,64-45)61-19-16-23(2)26(5)44(62-30(9)53)28(7)41(56)27(6)40(55)24(3)12-11-13-25(4)48(60)51-39(46)43(35)58/h11-13,16,19-24,26-28,40-41,43-44,54-58H,14-15,17-18H2,1-10H3,(H,51,60)/b12-11+,19-16+,25-13-/t23-,24-,26+,27+,28+,40-,41+,43?,44+,49-/m0/s1. The molecule has 15 nitrogen and oxygen atoms in total. The fraction of sp³-hybridized carbons (Fsp3) is 0.510. The SMILES string of the molecule is CC(=O)O[C@H]1[C@H](C)[C@H](O)[C@H](C)[C@@H](O)[C@@H](C)/C=C/C=C(/C)C(=O)NC2=C3Oc4cc(N5CCC(C)CC5)cc(O)c4N=C3c3c4c(c(C)c(O)c3C2O)O[C@](C)(O/C=C/[C@H](C)[C@H]1C)C4=O. The number of rotatable bonds is 2. The van der Waals surface area contributed by atoms with Crippen molar-refractivity contribution in [2.45, 2.75) is 112 Å². The number of anilines is 1. The van der Waals surface area contributed by atoms with Crippen LogP contribution < -0.4 is 19.7 Å². The van der Waals surface area contributed by atoms with Crippen molar-refractivity contribution in [1.29, 1.82) is 0 Å². The first-order chi connectivity index (χ1) is 30.1. The van der Waals surface area contributed by atoms with Crippen LogP contribution in [0.5, 0.6) is 23.0 Å². The van der Waals surface area contributed by atoms with Gasteiger partial charge in [-0.25, -0.2) is 4.99 Å². The van der Waals surface area contributed by atoms with E-state index in [4.69, 9.17) is 23.9 Å². The summed E-state index contributed by atoms with van der Waals surface area (Å²) in [6, 6.07) is 3.34. The van der Waals surface area contributed by atoms with Crippen molar-refractivity contribution < 1.29 is 58.9 Å². The van der Waals surface area contributed by atoms with Gasteiger partial charge in [-0.1, -0.05) is 59.8 Å². The number of nitrogens with one attached hydrogen (secondary N) is 1. The predicted octanol–water partition coefficient (Wildman–Crippen LogP) is 6.70. The number of carbonyl (C=O) groups is 3. The Labute approximate surface area is 373 Å². The molecule has 5 bridgehead atoms. The second-order valence-corrected chi connectivity index (χ2v) is 18.5. The van der Waals surface area contributed by atoms with Crippen LogP contribution in [-0.4, -0.2) is 86.1 Å². The third kappa shape index (κ3) is 8.29. The summed E-state index contributed by atoms with van der Waals surface area (Å²) < 4.78 is 24.7. The number of aliphatic hydroxyl groups is 3. The highest BCUT2D eigenvalue weighted by atomic mass is 16.7. The zero-order chi connectivity index (χ0) is 46.7. The number of benzene rings is 2. The van der Waals surface area contributed by atoms with Gasteiger partial charge in [0.05, 0.1) is 29.7 Å². The van der Waals surface area contributed by atoms with Crippen LogP contribution in [-0.2, 0) is 19.1 Å². The molecule has 2 aromatic carbocycles. The van der Waals surface area contributed by atoms with Crippen LogP contribution in [0.1, 0.15) is 108 Å². The van der Waals surface area contributed by atoms with Crippen LogP contribution in [0.4, 0.5) is 11.4 Å². The van der Waals surface area contributed by atoms with Crippen molar-refractivity contribution >= 4 is 34.7 Å². The lowest BCUT2D eigenvalue weighted by Crippen LogP contribution is -2.45. The van der Waals surface area contributed by atoms with Gasteiger partial charge in [0, 0.05) is 84.8 Å². The molecule has 0 spiro atoms. The van der Waals surface area contributed by atoms with E-state index in [0.29, 0.717) is 11.6 Å². The number of ketones is 1. The lowest BCUT2D eigenvalue weighted by molar-refractivity contribution is -0.158. The number of hydrogen-bond acceptors (Lipinski definition) is 14. The molecule has 10 atom stereocenters. The summed E-state index contributed by atoms with van der Waals surface area (Å²) in [7, 11) is 0. The molecule has 5 heterocycles. The highest BCUT2D eigenvalue weighted by Crippen LogP contribution is 2.54. The number of nitrogens with zero attached hydrogens (tertiary/aromatic N) is 2. The van der Waals surface area contributed by atoms with Crippen molar-refractivity contribution in [1.82, 2.24) is 5.32 Å². The van der Waals surface area contributed by atoms with Crippen molar-refractivity contribution in [3.05, 3.63) is 82.0 Å². The Morgan fingerprint density at radius 2 is 1.61 bits per heavy atom. The Hall–Kier alpha value is -5.64. The zero-order valence-electron chi connectivity index (χ0n) is 38.1. The molecular weight excluding hydrogens is 823 g/mol. The maximum Gasteiger partial charge on any atom is 0.312 e. The number of Topliss-reactive ketones (excluding diaryl/α,β-unsaturated/α-hetero) is 1. The molecule has 8 rings (SSSR count). The lowest BCUT2D eigenvalue weighted by atomic mass is 9.77. The first kappa shape index (κ1) is 46.4. The molecule has 0 radical (unpaired) electrons. The number of amides is 1. The minimum atomic E-state index is -1.99. The first-order valence-electron chi connectivity index (χ1n) is 22.1. The Balaban J connectivity index is 1.38. The number of esters is 1. The summed E-state index contributed by atoms with van der Waals surface area (Å²) in [5, 5.41) is 61.4. The van der Waals surface area contributed by atoms with Gasteiger partial charge in [0.2, 0.25) is 0 Å². The Morgan fingerprint density at radius 1 is 0.922 bits per heavy atom. The second-order valence-electron chi connectivity index (χ2n) is 18.5. The number of phenolic OH excluding ortho intramolecular Hbond substituents is 2. The molecule has 1 unspecified atom stereocenters. The van der Waals surface area contributed by atoms with Crippen LogP contribution in [0.2, 0.25) is 0 Å². The summed E-state index contributed by atoms with van der Waals surface area (Å²) in [5.74, 6) is -6.40. The van der Waals surface area contributed by atoms with Gasteiger partial charge >= 0.3 is 11.8 Å². The van der Waals surface area contributed by atoms with E-state index < -0.39 is 71.4 Å². The largest absolute Gasteiger partial charge is 0.507 e. The Bertz CT molecular complexity index is 2390. The predicted molar refractivity (Wildman–Crippen MR) is 238 cm³/mol. The van der Waals surface area contributed by atoms with E-state index in [9.17, 15) is 39.9 Å². The average molecular weight is 884 g/mol. The summed E-state index contributed by atoms with van der Waals surface area (Å²) in [6.45, 7) is 18.5. The summed E-state index contributed by atoms with van der Waals surface area (Å²) >= 11 is 0. The molecule has 1 aliphatic carbocycles. The van der Waals surface area contributed by atoms with Crippen molar-refractivity contribution in [2.24, 2.45) is 40.5 Å². The van der Waals surface area contributed by atoms with Crippen LogP contribution >= 0.6 is 0 Å². The van der Waals surface area contributed by atoms with Crippen LogP contribution in [0, 0.1) is 42.4 Å². The van der Waals surface area contributed by atoms with Gasteiger partial charge < -0.3 is 54.7 Å². The maximum absolute atomic E-state index is 14.8. The highest BCUT2D eigenvalue weighted by Gasteiger charge is 2.53. The van der Waals surface area contributed by atoms with Crippen LogP contribution in [0.25, 0.3) is 0 Å². The number of ether oxygens (including phenoxy) is 4. The topological polar surface area (TPSA) is 217 Å². The number of aliphatic hydroxyl groups excluding tert-OH is 3. The van der Waals surface area contributed by atoms with E-state index in [0.717, 1.165) is 25.9 Å². The van der Waals surface area contributed by atoms with Gasteiger partial charge in [-0.2, -0.15) is 0 Å². The van der Waals surface area contributed by atoms with Crippen molar-refractivity contribution in [3.8, 4) is 23.0 Å². The normalized spacial score (nSPS) is 33.0. The maximum atomic E-state index is 14.8. The minimum Gasteiger partial charge on any atom is -0.507 e. The summed E-state index contributed by atoms with van der Waals surface area (Å²) in [6.07, 6.45) is 5.11. The number of phenols is 2. The van der Waals surface area contributed by atoms with E-state index in [2.05, 4.69) is 17.1 Å². The number of hydrogen-bond donors (Lipinski definition) is 6. The number of carbonyl (C=O) groups excluding carboxylic acids is 3. The molecule has 0 saturated carbocycles. The van der Waals surface area contributed by atoms with Crippen molar-refractivity contribution in [2.75, 3.05) is 18.0 Å². The molecular formula is C49H61N3O12. The smallest absolute Gasteiger partial charge is 0.312 e. The number of allylic oxidation sites excluding steroid dienone is 4. The fourth-order valence-electron chi connectivity index (χ4n) is 9.34. The fourth-order valence-corrected chi connectivity index (χ4v) is 9.34. The molecule has 2 aromatic rings. The molecule has 64 heavy (non-hydrogen) atoms.